The van der Waals surface area contributed by atoms with E-state index in [1.54, 1.807) is 0 Å². The first-order chi connectivity index (χ1) is 14.1. The van der Waals surface area contributed by atoms with E-state index in [9.17, 15) is 0 Å². The zero-order valence-electron chi connectivity index (χ0n) is 17.0. The normalized spacial score (nSPS) is 12.5. The van der Waals surface area contributed by atoms with Crippen molar-refractivity contribution in [2.45, 2.75) is 27.2 Å². The van der Waals surface area contributed by atoms with Gasteiger partial charge in [-0.1, -0.05) is 54.6 Å². The van der Waals surface area contributed by atoms with Crippen LogP contribution >= 0.6 is 11.3 Å². The molecule has 0 N–H and O–H groups in total. The minimum Gasteiger partial charge on any atom is -0.140 e. The molecule has 1 aliphatic carbocycles. The van der Waals surface area contributed by atoms with E-state index in [1.807, 2.05) is 11.3 Å². The van der Waals surface area contributed by atoms with Gasteiger partial charge in [0.1, 0.15) is 0 Å². The van der Waals surface area contributed by atoms with Crippen LogP contribution in [-0.2, 0) is 6.42 Å². The van der Waals surface area contributed by atoms with Crippen molar-refractivity contribution < 1.29 is 0 Å². The Hall–Kier alpha value is -2.90. The molecule has 0 amide bonds. The highest BCUT2D eigenvalue weighted by Gasteiger charge is 2.25. The molecule has 0 spiro atoms. The monoisotopic (exact) mass is 390 g/mol. The van der Waals surface area contributed by atoms with Gasteiger partial charge in [-0.2, -0.15) is 0 Å². The first-order valence-electron chi connectivity index (χ1n) is 10.3. The summed E-state index contributed by atoms with van der Waals surface area (Å²) in [6.07, 6.45) is 1.03. The summed E-state index contributed by atoms with van der Waals surface area (Å²) in [5, 5.41) is 5.51. The van der Waals surface area contributed by atoms with Crippen molar-refractivity contribution in [2.75, 3.05) is 0 Å². The van der Waals surface area contributed by atoms with E-state index in [-0.39, 0.29) is 0 Å². The van der Waals surface area contributed by atoms with E-state index >= 15 is 0 Å². The van der Waals surface area contributed by atoms with Crippen molar-refractivity contribution in [1.82, 2.24) is 0 Å². The number of hydrogen-bond acceptors (Lipinski definition) is 1. The topological polar surface area (TPSA) is 0 Å². The fourth-order valence-electron chi connectivity index (χ4n) is 5.05. The third kappa shape index (κ3) is 2.37. The smallest absolute Gasteiger partial charge is 0.0354 e. The lowest BCUT2D eigenvalue weighted by Gasteiger charge is -2.14. The van der Waals surface area contributed by atoms with Crippen molar-refractivity contribution in [3.63, 3.8) is 0 Å². The van der Waals surface area contributed by atoms with Gasteiger partial charge in [0.05, 0.1) is 0 Å². The summed E-state index contributed by atoms with van der Waals surface area (Å²) < 4.78 is 0. The Morgan fingerprint density at radius 3 is 1.86 bits per heavy atom. The molecule has 1 heteroatoms. The molecule has 1 aromatic heterocycles. The maximum atomic E-state index is 2.46. The zero-order chi connectivity index (χ0) is 19.7. The standard InChI is InChI=1S/C28H22S/c1-16-13-26(29-18(16)3)25-15-20-14-19-12-17(2)21-8-4-6-10-23(21)27(19)28(20)24-11-7-5-9-22(24)25/h4-13,15H,14H2,1-3H3. The molecule has 0 saturated carbocycles. The van der Waals surface area contributed by atoms with E-state index < -0.39 is 0 Å². The quantitative estimate of drug-likeness (QED) is 0.265. The number of hydrogen-bond donors (Lipinski definition) is 0. The van der Waals surface area contributed by atoms with Crippen LogP contribution in [0.5, 0.6) is 0 Å². The summed E-state index contributed by atoms with van der Waals surface area (Å²) >= 11 is 1.92. The molecule has 5 aromatic rings. The summed E-state index contributed by atoms with van der Waals surface area (Å²) in [7, 11) is 0. The number of fused-ring (bicyclic) bond motifs is 7. The number of thiophene rings is 1. The molecule has 0 bridgehead atoms. The number of rotatable bonds is 1. The summed E-state index contributed by atoms with van der Waals surface area (Å²) in [5.74, 6) is 0. The van der Waals surface area contributed by atoms with Crippen molar-refractivity contribution in [2.24, 2.45) is 0 Å². The van der Waals surface area contributed by atoms with Gasteiger partial charge in [-0.25, -0.2) is 0 Å². The Morgan fingerprint density at radius 2 is 1.21 bits per heavy atom. The van der Waals surface area contributed by atoms with Gasteiger partial charge in [-0.3, -0.25) is 0 Å². The number of benzene rings is 4. The van der Waals surface area contributed by atoms with Crippen LogP contribution in [0, 0.1) is 20.8 Å². The lowest BCUT2D eigenvalue weighted by molar-refractivity contribution is 1.26. The lowest BCUT2D eigenvalue weighted by atomic mass is 9.90. The average Bonchev–Trinajstić information content (AvgIpc) is 3.27. The van der Waals surface area contributed by atoms with Crippen molar-refractivity contribution in [1.29, 1.82) is 0 Å². The Balaban J connectivity index is 1.73. The summed E-state index contributed by atoms with van der Waals surface area (Å²) in [6.45, 7) is 6.69. The largest absolute Gasteiger partial charge is 0.140 e. The molecule has 0 unspecified atom stereocenters. The highest BCUT2D eigenvalue weighted by Crippen LogP contribution is 2.49. The fourth-order valence-corrected chi connectivity index (χ4v) is 6.11. The van der Waals surface area contributed by atoms with E-state index in [1.165, 1.54) is 70.2 Å². The molecular weight excluding hydrogens is 368 g/mol. The van der Waals surface area contributed by atoms with Gasteiger partial charge >= 0.3 is 0 Å². The molecular formula is C28H22S. The molecule has 0 radical (unpaired) electrons. The van der Waals surface area contributed by atoms with Gasteiger partial charge in [0.25, 0.3) is 0 Å². The third-order valence-electron chi connectivity index (χ3n) is 6.52. The highest BCUT2D eigenvalue weighted by molar-refractivity contribution is 7.15. The zero-order valence-corrected chi connectivity index (χ0v) is 17.8. The Bertz CT molecular complexity index is 1430. The minimum absolute atomic E-state index is 1.03. The molecule has 29 heavy (non-hydrogen) atoms. The third-order valence-corrected chi connectivity index (χ3v) is 7.71. The Labute approximate surface area is 175 Å². The van der Waals surface area contributed by atoms with E-state index in [2.05, 4.69) is 87.5 Å². The van der Waals surface area contributed by atoms with Gasteiger partial charge < -0.3 is 0 Å². The van der Waals surface area contributed by atoms with Crippen LogP contribution in [0.15, 0.2) is 66.7 Å². The SMILES string of the molecule is Cc1cc(-c2cc3c(c4ccccc24)-c2c(cc(C)c4ccccc24)C3)sc1C. The van der Waals surface area contributed by atoms with Crippen molar-refractivity contribution >= 4 is 32.9 Å². The molecule has 4 aromatic carbocycles. The summed E-state index contributed by atoms with van der Waals surface area (Å²) in [5.41, 5.74) is 9.98. The fraction of sp³-hybridized carbons (Fsp3) is 0.143. The minimum atomic E-state index is 1.03. The van der Waals surface area contributed by atoms with Crippen LogP contribution in [-0.4, -0.2) is 0 Å². The maximum Gasteiger partial charge on any atom is 0.0354 e. The molecule has 0 nitrogen and oxygen atoms in total. The lowest BCUT2D eigenvalue weighted by Crippen LogP contribution is -1.88. The van der Waals surface area contributed by atoms with Gasteiger partial charge in [-0.05, 0) is 99.8 Å². The summed E-state index contributed by atoms with van der Waals surface area (Å²) in [4.78, 5) is 2.80. The predicted molar refractivity (Wildman–Crippen MR) is 127 cm³/mol. The van der Waals surface area contributed by atoms with E-state index in [4.69, 9.17) is 0 Å². The maximum absolute atomic E-state index is 2.46. The van der Waals surface area contributed by atoms with Crippen molar-refractivity contribution in [3.8, 4) is 21.6 Å². The van der Waals surface area contributed by atoms with Gasteiger partial charge in [0.2, 0.25) is 0 Å². The van der Waals surface area contributed by atoms with Crippen LogP contribution < -0.4 is 0 Å². The summed E-state index contributed by atoms with van der Waals surface area (Å²) in [6, 6.07) is 25.1. The van der Waals surface area contributed by atoms with Crippen LogP contribution in [0.4, 0.5) is 0 Å². The first-order valence-corrected chi connectivity index (χ1v) is 11.1. The van der Waals surface area contributed by atoms with Gasteiger partial charge in [-0.15, -0.1) is 11.3 Å². The first kappa shape index (κ1) is 17.0. The molecule has 140 valence electrons. The molecule has 0 atom stereocenters. The van der Waals surface area contributed by atoms with E-state index in [0.29, 0.717) is 0 Å². The molecule has 1 heterocycles. The number of aryl methyl sites for hydroxylation is 3. The predicted octanol–water partition coefficient (Wildman–Crippen LogP) is 8.22. The molecule has 1 aliphatic rings. The molecule has 0 aliphatic heterocycles. The second-order valence-electron chi connectivity index (χ2n) is 8.30. The Morgan fingerprint density at radius 1 is 0.621 bits per heavy atom. The molecule has 0 saturated heterocycles. The second-order valence-corrected chi connectivity index (χ2v) is 9.56. The molecule has 6 rings (SSSR count). The molecule has 0 fully saturated rings. The van der Waals surface area contributed by atoms with Crippen molar-refractivity contribution in [3.05, 3.63) is 93.9 Å². The van der Waals surface area contributed by atoms with Gasteiger partial charge in [0.15, 0.2) is 0 Å². The van der Waals surface area contributed by atoms with Crippen LogP contribution in [0.3, 0.4) is 0 Å². The average molecular weight is 391 g/mol. The van der Waals surface area contributed by atoms with E-state index in [0.717, 1.165) is 6.42 Å². The van der Waals surface area contributed by atoms with Crippen LogP contribution in [0.2, 0.25) is 0 Å². The van der Waals surface area contributed by atoms with Crippen LogP contribution in [0.25, 0.3) is 43.1 Å². The van der Waals surface area contributed by atoms with Crippen LogP contribution in [0.1, 0.15) is 27.1 Å². The second kappa shape index (κ2) is 6.05. The highest BCUT2D eigenvalue weighted by atomic mass is 32.1. The Kier molecular flexibility index (Phi) is 3.54. The van der Waals surface area contributed by atoms with Gasteiger partial charge in [0, 0.05) is 9.75 Å².